The second kappa shape index (κ2) is 4.87. The average molecular weight is 212 g/mol. The number of hydrogen-bond acceptors (Lipinski definition) is 4. The van der Waals surface area contributed by atoms with Crippen molar-refractivity contribution < 1.29 is 4.74 Å². The largest absolute Gasteiger partial charge is 0.380 e. The molecule has 0 aromatic carbocycles. The maximum Gasteiger partial charge on any atom is 0.0794 e. The number of nitrogens with zero attached hydrogens (tertiary/aromatic N) is 1. The Morgan fingerprint density at radius 2 is 2.64 bits per heavy atom. The molecule has 2 heterocycles. The van der Waals surface area contributed by atoms with Crippen molar-refractivity contribution in [3.05, 3.63) is 16.6 Å². The fourth-order valence-corrected chi connectivity index (χ4v) is 2.38. The van der Waals surface area contributed by atoms with Gasteiger partial charge in [0.15, 0.2) is 0 Å². The van der Waals surface area contributed by atoms with E-state index in [0.717, 1.165) is 13.2 Å². The molecule has 1 aromatic rings. The second-order valence-corrected chi connectivity index (χ2v) is 4.62. The van der Waals surface area contributed by atoms with Crippen LogP contribution in [-0.4, -0.2) is 24.2 Å². The Bertz CT molecular complexity index is 257. The zero-order valence-corrected chi connectivity index (χ0v) is 9.22. The van der Waals surface area contributed by atoms with Gasteiger partial charge in [-0.1, -0.05) is 0 Å². The SMILES string of the molecule is CC(N[C@H]1CCCOC1)c1cncs1. The first kappa shape index (κ1) is 10.1. The van der Waals surface area contributed by atoms with Crippen LogP contribution in [0.1, 0.15) is 30.7 Å². The van der Waals surface area contributed by atoms with Gasteiger partial charge in [-0.15, -0.1) is 11.3 Å². The Hall–Kier alpha value is -0.450. The fourth-order valence-electron chi connectivity index (χ4n) is 1.75. The third-order valence-electron chi connectivity index (χ3n) is 2.52. The standard InChI is InChI=1S/C10H16N2OS/c1-8(10-5-11-7-14-10)12-9-3-2-4-13-6-9/h5,7-9,12H,2-4,6H2,1H3/t8?,9-/m0/s1. The van der Waals surface area contributed by atoms with E-state index in [-0.39, 0.29) is 0 Å². The minimum Gasteiger partial charge on any atom is -0.380 e. The molecule has 0 aliphatic carbocycles. The molecule has 0 spiro atoms. The second-order valence-electron chi connectivity index (χ2n) is 3.71. The number of ether oxygens (including phenoxy) is 1. The molecule has 1 aliphatic heterocycles. The van der Waals surface area contributed by atoms with Crippen LogP contribution in [0.25, 0.3) is 0 Å². The maximum absolute atomic E-state index is 5.43. The molecule has 1 N–H and O–H groups in total. The zero-order chi connectivity index (χ0) is 9.80. The third-order valence-corrected chi connectivity index (χ3v) is 3.48. The van der Waals surface area contributed by atoms with Gasteiger partial charge in [-0.2, -0.15) is 0 Å². The highest BCUT2D eigenvalue weighted by Crippen LogP contribution is 2.18. The average Bonchev–Trinajstić information content (AvgIpc) is 2.72. The van der Waals surface area contributed by atoms with E-state index in [1.54, 1.807) is 11.3 Å². The van der Waals surface area contributed by atoms with E-state index < -0.39 is 0 Å². The quantitative estimate of drug-likeness (QED) is 0.832. The normalized spacial score (nSPS) is 24.8. The molecule has 1 fully saturated rings. The summed E-state index contributed by atoms with van der Waals surface area (Å²) in [5.74, 6) is 0. The lowest BCUT2D eigenvalue weighted by Crippen LogP contribution is -2.38. The molecule has 4 heteroatoms. The van der Waals surface area contributed by atoms with Crippen LogP contribution in [0.5, 0.6) is 0 Å². The van der Waals surface area contributed by atoms with Crippen LogP contribution in [-0.2, 0) is 4.74 Å². The van der Waals surface area contributed by atoms with Gasteiger partial charge in [-0.25, -0.2) is 0 Å². The lowest BCUT2D eigenvalue weighted by molar-refractivity contribution is 0.0672. The summed E-state index contributed by atoms with van der Waals surface area (Å²) in [6.07, 6.45) is 4.34. The summed E-state index contributed by atoms with van der Waals surface area (Å²) in [4.78, 5) is 5.39. The topological polar surface area (TPSA) is 34.1 Å². The molecule has 3 nitrogen and oxygen atoms in total. The van der Waals surface area contributed by atoms with Crippen molar-refractivity contribution in [2.75, 3.05) is 13.2 Å². The molecule has 14 heavy (non-hydrogen) atoms. The summed E-state index contributed by atoms with van der Waals surface area (Å²) in [6.45, 7) is 3.96. The minimum atomic E-state index is 0.397. The van der Waals surface area contributed by atoms with Gasteiger partial charge < -0.3 is 10.1 Å². The van der Waals surface area contributed by atoms with E-state index in [1.807, 2.05) is 11.7 Å². The number of hydrogen-bond donors (Lipinski definition) is 1. The summed E-state index contributed by atoms with van der Waals surface area (Å²) in [5, 5.41) is 3.57. The van der Waals surface area contributed by atoms with Crippen LogP contribution in [0, 0.1) is 0 Å². The van der Waals surface area contributed by atoms with Gasteiger partial charge in [0.2, 0.25) is 0 Å². The Kier molecular flexibility index (Phi) is 3.50. The van der Waals surface area contributed by atoms with Crippen LogP contribution in [0.3, 0.4) is 0 Å². The van der Waals surface area contributed by atoms with Gasteiger partial charge in [0, 0.05) is 29.8 Å². The van der Waals surface area contributed by atoms with E-state index in [2.05, 4.69) is 17.2 Å². The molecule has 1 aromatic heterocycles. The van der Waals surface area contributed by atoms with Crippen LogP contribution in [0.4, 0.5) is 0 Å². The highest BCUT2D eigenvalue weighted by Gasteiger charge is 2.17. The van der Waals surface area contributed by atoms with Crippen molar-refractivity contribution in [2.45, 2.75) is 31.8 Å². The molecule has 0 radical (unpaired) electrons. The Morgan fingerprint density at radius 1 is 1.71 bits per heavy atom. The smallest absolute Gasteiger partial charge is 0.0794 e. The highest BCUT2D eigenvalue weighted by atomic mass is 32.1. The van der Waals surface area contributed by atoms with Crippen LogP contribution in [0.2, 0.25) is 0 Å². The summed E-state index contributed by atoms with van der Waals surface area (Å²) >= 11 is 1.71. The molecule has 1 saturated heterocycles. The summed E-state index contributed by atoms with van der Waals surface area (Å²) in [7, 11) is 0. The Morgan fingerprint density at radius 3 is 3.29 bits per heavy atom. The predicted octanol–water partition coefficient (Wildman–Crippen LogP) is 1.97. The van der Waals surface area contributed by atoms with Crippen molar-refractivity contribution in [3.63, 3.8) is 0 Å². The van der Waals surface area contributed by atoms with Crippen molar-refractivity contribution >= 4 is 11.3 Å². The van der Waals surface area contributed by atoms with Crippen LogP contribution in [0.15, 0.2) is 11.7 Å². The molecule has 1 unspecified atom stereocenters. The highest BCUT2D eigenvalue weighted by molar-refractivity contribution is 7.09. The van der Waals surface area contributed by atoms with Gasteiger partial charge in [0.1, 0.15) is 0 Å². The van der Waals surface area contributed by atoms with E-state index in [1.165, 1.54) is 17.7 Å². The summed E-state index contributed by atoms with van der Waals surface area (Å²) in [6, 6.07) is 0.912. The van der Waals surface area contributed by atoms with Crippen LogP contribution >= 0.6 is 11.3 Å². The van der Waals surface area contributed by atoms with E-state index in [0.29, 0.717) is 12.1 Å². The molecule has 2 atom stereocenters. The maximum atomic E-state index is 5.43. The van der Waals surface area contributed by atoms with E-state index >= 15 is 0 Å². The molecule has 0 amide bonds. The number of rotatable bonds is 3. The predicted molar refractivity (Wildman–Crippen MR) is 57.5 cm³/mol. The minimum absolute atomic E-state index is 0.397. The van der Waals surface area contributed by atoms with Gasteiger partial charge in [-0.3, -0.25) is 4.98 Å². The first-order valence-corrected chi connectivity index (χ1v) is 5.96. The molecule has 78 valence electrons. The first-order chi connectivity index (χ1) is 6.86. The Labute approximate surface area is 88.5 Å². The molecule has 1 aliphatic rings. The molecule has 0 bridgehead atoms. The number of thiazole rings is 1. The summed E-state index contributed by atoms with van der Waals surface area (Å²) in [5.41, 5.74) is 1.88. The lowest BCUT2D eigenvalue weighted by atomic mass is 10.1. The van der Waals surface area contributed by atoms with Gasteiger partial charge in [0.25, 0.3) is 0 Å². The molecular formula is C10H16N2OS. The van der Waals surface area contributed by atoms with E-state index in [9.17, 15) is 0 Å². The number of aromatic nitrogens is 1. The fraction of sp³-hybridized carbons (Fsp3) is 0.700. The van der Waals surface area contributed by atoms with Crippen molar-refractivity contribution in [3.8, 4) is 0 Å². The third kappa shape index (κ3) is 2.53. The summed E-state index contributed by atoms with van der Waals surface area (Å²) < 4.78 is 5.43. The lowest BCUT2D eigenvalue weighted by Gasteiger charge is -2.26. The van der Waals surface area contributed by atoms with Gasteiger partial charge in [0.05, 0.1) is 12.1 Å². The Balaban J connectivity index is 1.84. The first-order valence-electron chi connectivity index (χ1n) is 5.08. The number of nitrogens with one attached hydrogen (secondary N) is 1. The van der Waals surface area contributed by atoms with Crippen molar-refractivity contribution in [1.29, 1.82) is 0 Å². The van der Waals surface area contributed by atoms with Gasteiger partial charge in [-0.05, 0) is 19.8 Å². The van der Waals surface area contributed by atoms with Crippen LogP contribution < -0.4 is 5.32 Å². The monoisotopic (exact) mass is 212 g/mol. The molecule has 2 rings (SSSR count). The molecular weight excluding hydrogens is 196 g/mol. The van der Waals surface area contributed by atoms with E-state index in [4.69, 9.17) is 4.74 Å². The molecule has 0 saturated carbocycles. The van der Waals surface area contributed by atoms with Crippen molar-refractivity contribution in [2.24, 2.45) is 0 Å². The zero-order valence-electron chi connectivity index (χ0n) is 8.40. The van der Waals surface area contributed by atoms with Gasteiger partial charge >= 0.3 is 0 Å². The van der Waals surface area contributed by atoms with Crippen molar-refractivity contribution in [1.82, 2.24) is 10.3 Å².